The van der Waals surface area contributed by atoms with Crippen LogP contribution in [0.25, 0.3) is 21.5 Å². The molecule has 262 valence electrons. The molecule has 0 aromatic heterocycles. The number of fused-ring (bicyclic) bond motifs is 2. The Morgan fingerprint density at radius 1 is 0.588 bits per heavy atom. The highest BCUT2D eigenvalue weighted by Crippen LogP contribution is 2.35. The molecule has 6 rings (SSSR count). The van der Waals surface area contributed by atoms with Gasteiger partial charge in [-0.25, -0.2) is 4.79 Å². The van der Waals surface area contributed by atoms with Gasteiger partial charge in [0.25, 0.3) is 5.91 Å². The number of nitrogens with one attached hydrogen (secondary N) is 1. The van der Waals surface area contributed by atoms with Gasteiger partial charge in [0.15, 0.2) is 0 Å². The zero-order valence-electron chi connectivity index (χ0n) is 27.0. The maximum absolute atomic E-state index is 12.7. The highest BCUT2D eigenvalue weighted by Gasteiger charge is 2.31. The number of aromatic carboxylic acids is 1. The van der Waals surface area contributed by atoms with E-state index in [9.17, 15) is 35.9 Å². The summed E-state index contributed by atoms with van der Waals surface area (Å²) in [5.41, 5.74) is -0.801. The van der Waals surface area contributed by atoms with E-state index in [1.54, 1.807) is 54.6 Å². The molecule has 6 nitrogen and oxygen atoms in total. The van der Waals surface area contributed by atoms with Gasteiger partial charge in [0.05, 0.1) is 16.7 Å². The van der Waals surface area contributed by atoms with Crippen molar-refractivity contribution in [3.05, 3.63) is 144 Å². The van der Waals surface area contributed by atoms with E-state index in [2.05, 4.69) is 5.32 Å². The summed E-state index contributed by atoms with van der Waals surface area (Å²) in [6.45, 7) is 3.77. The van der Waals surface area contributed by atoms with E-state index in [0.717, 1.165) is 35.0 Å². The molecule has 1 amide bonds. The lowest BCUT2D eigenvalue weighted by Crippen LogP contribution is -2.29. The van der Waals surface area contributed by atoms with Gasteiger partial charge in [-0.1, -0.05) is 24.3 Å². The Morgan fingerprint density at radius 2 is 1.00 bits per heavy atom. The van der Waals surface area contributed by atoms with Crippen molar-refractivity contribution < 1.29 is 50.5 Å². The number of amides is 1. The molecule has 0 aliphatic carbocycles. The topological polar surface area (TPSA) is 84.9 Å². The zero-order chi connectivity index (χ0) is 36.9. The number of carboxylic acid groups (broad SMARTS) is 1. The molecule has 0 unspecified atom stereocenters. The number of ether oxygens (including phenoxy) is 2. The van der Waals surface area contributed by atoms with Gasteiger partial charge in [-0.15, -0.1) is 0 Å². The molecular weight excluding hydrogens is 676 g/mol. The number of carbonyl (C=O) groups excluding carboxylic acids is 1. The lowest BCUT2D eigenvalue weighted by Gasteiger charge is -2.12. The summed E-state index contributed by atoms with van der Waals surface area (Å²) in [5, 5.41) is 14.7. The molecule has 51 heavy (non-hydrogen) atoms. The Kier molecular flexibility index (Phi) is 10.5. The van der Waals surface area contributed by atoms with Crippen molar-refractivity contribution in [2.45, 2.75) is 32.2 Å². The van der Waals surface area contributed by atoms with Gasteiger partial charge in [0.1, 0.15) is 23.0 Å². The summed E-state index contributed by atoms with van der Waals surface area (Å²) >= 11 is 0. The van der Waals surface area contributed by atoms with E-state index in [1.807, 2.05) is 19.9 Å². The minimum absolute atomic E-state index is 0.0301. The first kappa shape index (κ1) is 36.2. The van der Waals surface area contributed by atoms with Crippen molar-refractivity contribution in [2.75, 3.05) is 0 Å². The summed E-state index contributed by atoms with van der Waals surface area (Å²) in [7, 11) is 0. The summed E-state index contributed by atoms with van der Waals surface area (Å²) in [6, 6.07) is 29.2. The van der Waals surface area contributed by atoms with Crippen molar-refractivity contribution in [1.82, 2.24) is 5.32 Å². The number of benzene rings is 6. The summed E-state index contributed by atoms with van der Waals surface area (Å²) in [4.78, 5) is 23.2. The molecule has 0 spiro atoms. The average molecular weight is 706 g/mol. The van der Waals surface area contributed by atoms with Gasteiger partial charge in [-0.2, -0.15) is 26.3 Å². The lowest BCUT2D eigenvalue weighted by atomic mass is 10.1. The van der Waals surface area contributed by atoms with Crippen LogP contribution in [0.5, 0.6) is 23.0 Å². The predicted octanol–water partition coefficient (Wildman–Crippen LogP) is 11.1. The van der Waals surface area contributed by atoms with Crippen LogP contribution in [0, 0.1) is 0 Å². The molecule has 6 aromatic carbocycles. The van der Waals surface area contributed by atoms with E-state index < -0.39 is 29.4 Å². The second-order valence-corrected chi connectivity index (χ2v) is 11.6. The highest BCUT2D eigenvalue weighted by molar-refractivity contribution is 6.00. The predicted molar refractivity (Wildman–Crippen MR) is 180 cm³/mol. The SMILES string of the molecule is CC(C)NC(=O)c1ccc2c(Oc3ccc(C(F)(F)F)cc3)cccc2c1.O=C(O)c1ccc2c(Oc3ccc(C(F)(F)F)cc3)cccc2c1. The Balaban J connectivity index is 0.000000199. The fraction of sp³-hybridized carbons (Fsp3) is 0.128. The molecule has 0 heterocycles. The van der Waals surface area contributed by atoms with E-state index in [1.165, 1.54) is 36.4 Å². The van der Waals surface area contributed by atoms with Crippen LogP contribution in [0.3, 0.4) is 0 Å². The van der Waals surface area contributed by atoms with Gasteiger partial charge in [0, 0.05) is 22.4 Å². The average Bonchev–Trinajstić information content (AvgIpc) is 3.08. The minimum Gasteiger partial charge on any atom is -0.478 e. The summed E-state index contributed by atoms with van der Waals surface area (Å²) < 4.78 is 87.1. The number of carbonyl (C=O) groups is 2. The second-order valence-electron chi connectivity index (χ2n) is 11.6. The number of hydrogen-bond donors (Lipinski definition) is 2. The molecule has 0 bridgehead atoms. The fourth-order valence-corrected chi connectivity index (χ4v) is 4.98. The highest BCUT2D eigenvalue weighted by atomic mass is 19.4. The number of halogens is 6. The molecule has 0 saturated carbocycles. The third kappa shape index (κ3) is 9.15. The fourth-order valence-electron chi connectivity index (χ4n) is 4.98. The largest absolute Gasteiger partial charge is 0.478 e. The summed E-state index contributed by atoms with van der Waals surface area (Å²) in [5.74, 6) is 0.300. The van der Waals surface area contributed by atoms with Crippen LogP contribution >= 0.6 is 0 Å². The minimum atomic E-state index is -4.40. The van der Waals surface area contributed by atoms with Gasteiger partial charge in [-0.05, 0) is 122 Å². The van der Waals surface area contributed by atoms with Crippen LogP contribution in [-0.4, -0.2) is 23.0 Å². The van der Waals surface area contributed by atoms with Gasteiger partial charge < -0.3 is 19.9 Å². The smallest absolute Gasteiger partial charge is 0.416 e. The second kappa shape index (κ2) is 14.8. The van der Waals surface area contributed by atoms with Crippen LogP contribution in [0.4, 0.5) is 26.3 Å². The first-order valence-corrected chi connectivity index (χ1v) is 15.4. The Bertz CT molecular complexity index is 2180. The third-order valence-electron chi connectivity index (χ3n) is 7.43. The third-order valence-corrected chi connectivity index (χ3v) is 7.43. The van der Waals surface area contributed by atoms with E-state index in [-0.39, 0.29) is 23.3 Å². The van der Waals surface area contributed by atoms with Crippen molar-refractivity contribution in [3.8, 4) is 23.0 Å². The molecule has 12 heteroatoms. The van der Waals surface area contributed by atoms with Crippen molar-refractivity contribution in [3.63, 3.8) is 0 Å². The van der Waals surface area contributed by atoms with Crippen LogP contribution < -0.4 is 14.8 Å². The maximum Gasteiger partial charge on any atom is 0.416 e. The molecule has 0 saturated heterocycles. The molecule has 0 aliphatic heterocycles. The molecule has 6 aromatic rings. The van der Waals surface area contributed by atoms with Crippen LogP contribution in [-0.2, 0) is 12.4 Å². The summed E-state index contributed by atoms with van der Waals surface area (Å²) in [6.07, 6.45) is -8.78. The Labute approximate surface area is 287 Å². The number of alkyl halides is 6. The molecule has 0 aliphatic rings. The van der Waals surface area contributed by atoms with Crippen LogP contribution in [0.15, 0.2) is 121 Å². The lowest BCUT2D eigenvalue weighted by molar-refractivity contribution is -0.138. The van der Waals surface area contributed by atoms with Crippen molar-refractivity contribution in [2.24, 2.45) is 0 Å². The van der Waals surface area contributed by atoms with Gasteiger partial charge in [0.2, 0.25) is 0 Å². The van der Waals surface area contributed by atoms with Gasteiger partial charge >= 0.3 is 18.3 Å². The quantitative estimate of drug-likeness (QED) is 0.162. The Hall–Kier alpha value is -6.04. The van der Waals surface area contributed by atoms with Crippen molar-refractivity contribution in [1.29, 1.82) is 0 Å². The van der Waals surface area contributed by atoms with E-state index in [4.69, 9.17) is 14.6 Å². The van der Waals surface area contributed by atoms with Gasteiger partial charge in [-0.3, -0.25) is 4.79 Å². The maximum atomic E-state index is 12.7. The standard InChI is InChI=1S/C21H18F3NO2.C18H11F3O3/c1-13(2)25-20(26)15-6-11-18-14(12-15)4-3-5-19(18)27-17-9-7-16(8-10-17)21(22,23)24;19-18(20,21)13-5-7-14(8-6-13)24-16-3-1-2-11-10-12(17(22)23)4-9-15(11)16/h3-13H,1-2H3,(H,25,26);1-10H,(H,22,23). The number of hydrogen-bond acceptors (Lipinski definition) is 4. The number of carboxylic acids is 1. The first-order chi connectivity index (χ1) is 24.1. The molecule has 0 radical (unpaired) electrons. The monoisotopic (exact) mass is 705 g/mol. The Morgan fingerprint density at radius 3 is 1.39 bits per heavy atom. The number of rotatable bonds is 7. The van der Waals surface area contributed by atoms with Crippen LogP contribution in [0.1, 0.15) is 45.7 Å². The normalized spacial score (nSPS) is 11.5. The zero-order valence-corrected chi connectivity index (χ0v) is 27.0. The molecule has 0 fully saturated rings. The molecular formula is C39H29F6NO5. The van der Waals surface area contributed by atoms with Crippen LogP contribution in [0.2, 0.25) is 0 Å². The van der Waals surface area contributed by atoms with Crippen molar-refractivity contribution >= 4 is 33.4 Å². The molecule has 2 N–H and O–H groups in total. The first-order valence-electron chi connectivity index (χ1n) is 15.4. The van der Waals surface area contributed by atoms with E-state index in [0.29, 0.717) is 33.6 Å². The molecule has 0 atom stereocenters. The van der Waals surface area contributed by atoms with E-state index >= 15 is 0 Å².